The summed E-state index contributed by atoms with van der Waals surface area (Å²) in [5.74, 6) is 0.577. The Hall–Kier alpha value is -9.05. The van der Waals surface area contributed by atoms with Gasteiger partial charge in [0.1, 0.15) is 17.3 Å². The highest BCUT2D eigenvalue weighted by atomic mass is 19.4. The quantitative estimate of drug-likeness (QED) is 0.106. The van der Waals surface area contributed by atoms with Crippen LogP contribution in [0.15, 0.2) is 98.1 Å². The first-order valence-electron chi connectivity index (χ1n) is 30.0. The highest BCUT2D eigenvalue weighted by Gasteiger charge is 2.52. The van der Waals surface area contributed by atoms with Crippen molar-refractivity contribution < 1.29 is 67.8 Å². The lowest BCUT2D eigenvalue weighted by molar-refractivity contribution is -0.139. The molecule has 6 aromatic heterocycles. The first-order valence-corrected chi connectivity index (χ1v) is 30.0. The minimum atomic E-state index is -4.50. The number of nitrogens with one attached hydrogen (secondary N) is 1. The van der Waals surface area contributed by atoms with Crippen LogP contribution in [0.2, 0.25) is 0 Å². The molecule has 29 heteroatoms. The lowest BCUT2D eigenvalue weighted by atomic mass is 9.86. The van der Waals surface area contributed by atoms with E-state index in [1.807, 2.05) is 48.8 Å². The minimum Gasteiger partial charge on any atom is -0.493 e. The number of aryl methyl sites for hydroxylation is 2. The number of hydrogen-bond acceptors (Lipinski definition) is 16. The van der Waals surface area contributed by atoms with Crippen LogP contribution in [0.3, 0.4) is 0 Å². The van der Waals surface area contributed by atoms with Crippen molar-refractivity contribution in [3.63, 3.8) is 0 Å². The average Bonchev–Trinajstić information content (AvgIpc) is 1.62. The Bertz CT molecular complexity index is 3800. The van der Waals surface area contributed by atoms with Crippen LogP contribution in [-0.4, -0.2) is 138 Å². The van der Waals surface area contributed by atoms with Crippen LogP contribution in [0.4, 0.5) is 49.9 Å². The normalized spacial score (nSPS) is 22.8. The van der Waals surface area contributed by atoms with Crippen LogP contribution < -0.4 is 14.8 Å². The number of aromatic nitrogens is 10. The molecule has 0 radical (unpaired) electrons. The fraction of sp³-hybridized carbons (Fsp3) is 0.444. The van der Waals surface area contributed by atoms with Crippen molar-refractivity contribution in [2.45, 2.75) is 152 Å². The molecule has 6 fully saturated rings. The molecule has 0 spiro atoms. The van der Waals surface area contributed by atoms with Gasteiger partial charge in [0.2, 0.25) is 5.95 Å². The molecule has 0 saturated carbocycles. The Morgan fingerprint density at radius 3 is 1.53 bits per heavy atom. The SMILES string of the molecule is CCOc1ccc(C)nc1C(=O)N1C2CCC1C(Cc1ncc(C(F)(F)F)cn1)C2.COc1c(F)cccc1C(=O)N1C2CCC1C(Nc1ncc(C(F)(F)F)cn1)C2.Cc1ccc(-c2ncccn2)c(C(=O)N2C3CCC2C(Cc2ncc(C(F)(F)F)cn2)C3)n1. The topological polar surface area (TPSA) is 220 Å². The van der Waals surface area contributed by atoms with E-state index in [-0.39, 0.29) is 89.1 Å². The highest BCUT2D eigenvalue weighted by Crippen LogP contribution is 2.47. The summed E-state index contributed by atoms with van der Waals surface area (Å²) in [6, 6.07) is 12.8. The first kappa shape index (κ1) is 64.5. The van der Waals surface area contributed by atoms with Gasteiger partial charge in [0.05, 0.1) is 53.6 Å². The lowest BCUT2D eigenvalue weighted by Crippen LogP contribution is -2.40. The minimum absolute atomic E-state index is 0.00480. The van der Waals surface area contributed by atoms with Crippen LogP contribution in [0.1, 0.15) is 136 Å². The molecule has 6 bridgehead atoms. The number of nitrogens with zero attached hydrogens (tertiary/aromatic N) is 13. The molecule has 6 aliphatic heterocycles. The number of carbonyl (C=O) groups excluding carboxylic acids is 3. The summed E-state index contributed by atoms with van der Waals surface area (Å²) >= 11 is 0. The molecule has 13 rings (SSSR count). The maximum absolute atomic E-state index is 14.0. The van der Waals surface area contributed by atoms with Gasteiger partial charge in [-0.1, -0.05) is 6.07 Å². The molecule has 19 nitrogen and oxygen atoms in total. The van der Waals surface area contributed by atoms with Crippen molar-refractivity contribution in [1.29, 1.82) is 0 Å². The molecule has 484 valence electrons. The summed E-state index contributed by atoms with van der Waals surface area (Å²) in [7, 11) is 1.31. The van der Waals surface area contributed by atoms with E-state index in [9.17, 15) is 58.3 Å². The van der Waals surface area contributed by atoms with E-state index < -0.39 is 41.0 Å². The van der Waals surface area contributed by atoms with E-state index in [4.69, 9.17) is 9.47 Å². The van der Waals surface area contributed by atoms with E-state index in [1.165, 1.54) is 25.3 Å². The molecule has 7 aromatic rings. The number of amides is 3. The third kappa shape index (κ3) is 13.6. The number of pyridine rings is 2. The Morgan fingerprint density at radius 1 is 0.554 bits per heavy atom. The number of halogens is 10. The van der Waals surface area contributed by atoms with Crippen LogP contribution in [0, 0.1) is 31.5 Å². The van der Waals surface area contributed by atoms with Gasteiger partial charge in [-0.3, -0.25) is 14.4 Å². The van der Waals surface area contributed by atoms with E-state index >= 15 is 0 Å². The summed E-state index contributed by atoms with van der Waals surface area (Å²) < 4.78 is 139. The maximum atomic E-state index is 14.0. The van der Waals surface area contributed by atoms with Crippen molar-refractivity contribution in [2.75, 3.05) is 19.0 Å². The van der Waals surface area contributed by atoms with Gasteiger partial charge < -0.3 is 29.5 Å². The number of para-hydroxylation sites is 1. The molecule has 9 unspecified atom stereocenters. The summed E-state index contributed by atoms with van der Waals surface area (Å²) in [5, 5.41) is 3.04. The molecule has 0 aliphatic carbocycles. The van der Waals surface area contributed by atoms with Crippen LogP contribution >= 0.6 is 0 Å². The van der Waals surface area contributed by atoms with Crippen LogP contribution in [-0.2, 0) is 31.4 Å². The molecular weight excluding hydrogens is 1220 g/mol. The Morgan fingerprint density at radius 2 is 1.02 bits per heavy atom. The van der Waals surface area contributed by atoms with Crippen molar-refractivity contribution >= 4 is 23.7 Å². The fourth-order valence-electron chi connectivity index (χ4n) is 13.7. The number of alkyl halides is 9. The summed E-state index contributed by atoms with van der Waals surface area (Å²) in [6.07, 6.45) is 2.64. The molecule has 6 aliphatic rings. The van der Waals surface area contributed by atoms with Gasteiger partial charge in [-0.05, 0) is 133 Å². The van der Waals surface area contributed by atoms with Crippen LogP contribution in [0.25, 0.3) is 11.4 Å². The third-order valence-electron chi connectivity index (χ3n) is 17.8. The zero-order valence-electron chi connectivity index (χ0n) is 50.1. The molecule has 6 saturated heterocycles. The molecule has 3 amide bonds. The van der Waals surface area contributed by atoms with E-state index in [1.54, 1.807) is 29.4 Å². The largest absolute Gasteiger partial charge is 0.493 e. The smallest absolute Gasteiger partial charge is 0.419 e. The second kappa shape index (κ2) is 26.3. The van der Waals surface area contributed by atoms with Crippen LogP contribution in [0.5, 0.6) is 11.5 Å². The predicted octanol–water partition coefficient (Wildman–Crippen LogP) is 11.2. The molecule has 1 N–H and O–H groups in total. The van der Waals surface area contributed by atoms with E-state index in [2.05, 4.69) is 55.2 Å². The zero-order chi connectivity index (χ0) is 65.4. The van der Waals surface area contributed by atoms with Crippen molar-refractivity contribution in [3.05, 3.63) is 161 Å². The number of anilines is 1. The first-order chi connectivity index (χ1) is 43.9. The molecule has 92 heavy (non-hydrogen) atoms. The highest BCUT2D eigenvalue weighted by molar-refractivity contribution is 5.99. The summed E-state index contributed by atoms with van der Waals surface area (Å²) in [6.45, 7) is 5.95. The van der Waals surface area contributed by atoms with Crippen molar-refractivity contribution in [1.82, 2.24) is 64.5 Å². The summed E-state index contributed by atoms with van der Waals surface area (Å²) in [5.41, 5.74) is 0.191. The number of hydrogen-bond donors (Lipinski definition) is 1. The van der Waals surface area contributed by atoms with Crippen molar-refractivity contribution in [3.8, 4) is 22.9 Å². The summed E-state index contributed by atoms with van der Waals surface area (Å²) in [4.78, 5) is 86.2. The van der Waals surface area contributed by atoms with Gasteiger partial charge in [0, 0.05) is 104 Å². The van der Waals surface area contributed by atoms with Gasteiger partial charge in [-0.15, -0.1) is 0 Å². The van der Waals surface area contributed by atoms with E-state index in [0.717, 1.165) is 99.9 Å². The monoisotopic (exact) mass is 1280 g/mol. The van der Waals surface area contributed by atoms with Gasteiger partial charge in [-0.25, -0.2) is 54.2 Å². The number of rotatable bonds is 13. The van der Waals surface area contributed by atoms with Crippen molar-refractivity contribution in [2.24, 2.45) is 11.8 Å². The molecule has 9 atom stereocenters. The fourth-order valence-corrected chi connectivity index (χ4v) is 13.7. The maximum Gasteiger partial charge on any atom is 0.419 e. The van der Waals surface area contributed by atoms with Gasteiger partial charge in [0.25, 0.3) is 17.7 Å². The molecule has 12 heterocycles. The Labute approximate surface area is 520 Å². The number of methoxy groups -OCH3 is 1. The second-order valence-electron chi connectivity index (χ2n) is 23.5. The molecular formula is C63H62F10N14O5. The van der Waals surface area contributed by atoms with E-state index in [0.29, 0.717) is 66.0 Å². The number of fused-ring (bicyclic) bond motifs is 6. The second-order valence-corrected chi connectivity index (χ2v) is 23.5. The standard InChI is InChI=1S/C23H21F3N6O.C21H23F3N4O2.C19H18F4N4O2/c1-13-3-5-17(21-27-7-2-8-28-21)20(31-13)22(33)32-16-4-6-18(32)14(9-16)10-19-29-11-15(12-30-19)23(24,25)26;1-3-30-17-7-4-12(2)27-19(17)20(29)28-15-5-6-16(28)13(8-15)9-18-25-10-14(11-26-18)21(22,23)24;1-29-16-12(3-2-4-13(16)20)17(28)27-11-5-6-15(27)14(7-11)26-18-24-8-10(9-25-18)19(21,22)23/h2-3,5,7-8,11-12,14,16,18H,4,6,9-10H2,1H3;4,7,10-11,13,15-16H,3,5-6,8-9H2,1-2H3;2-4,8-9,11,14-15H,5-7H2,1H3,(H,24,25,26). The third-order valence-corrected chi connectivity index (χ3v) is 17.8. The zero-order valence-corrected chi connectivity index (χ0v) is 50.1. The Kier molecular flexibility index (Phi) is 18.4. The predicted molar refractivity (Wildman–Crippen MR) is 309 cm³/mol. The lowest BCUT2D eigenvalue weighted by Gasteiger charge is -2.25. The van der Waals surface area contributed by atoms with Gasteiger partial charge >= 0.3 is 18.5 Å². The number of ether oxygens (including phenoxy) is 2. The van der Waals surface area contributed by atoms with Gasteiger partial charge in [-0.2, -0.15) is 39.5 Å². The Balaban J connectivity index is 0.000000142. The molecule has 1 aromatic carbocycles. The number of benzene rings is 1. The van der Waals surface area contributed by atoms with Gasteiger partial charge in [0.15, 0.2) is 28.8 Å². The average molecular weight is 1290 g/mol. The number of carbonyl (C=O) groups is 3.